The number of hydrogen-bond donors (Lipinski definition) is 1. The zero-order valence-electron chi connectivity index (χ0n) is 6.40. The standard InChI is InChI=1S/C7H11ClN2/c1-5-4-6(10-9-5)7(2,3)8/h4H,1-3H3,(H,9,10). The van der Waals surface area contributed by atoms with E-state index in [1.807, 2.05) is 26.8 Å². The van der Waals surface area contributed by atoms with E-state index in [1.165, 1.54) is 0 Å². The van der Waals surface area contributed by atoms with Gasteiger partial charge in [0.15, 0.2) is 0 Å². The van der Waals surface area contributed by atoms with Gasteiger partial charge in [0.25, 0.3) is 0 Å². The van der Waals surface area contributed by atoms with Crippen LogP contribution in [0.25, 0.3) is 0 Å². The Kier molecular flexibility index (Phi) is 1.73. The fraction of sp³-hybridized carbons (Fsp3) is 0.571. The van der Waals surface area contributed by atoms with E-state index >= 15 is 0 Å². The number of nitrogens with zero attached hydrogens (tertiary/aromatic N) is 1. The van der Waals surface area contributed by atoms with Crippen LogP contribution in [0.15, 0.2) is 6.07 Å². The highest BCUT2D eigenvalue weighted by Gasteiger charge is 2.18. The van der Waals surface area contributed by atoms with Gasteiger partial charge in [0.2, 0.25) is 0 Å². The van der Waals surface area contributed by atoms with E-state index in [-0.39, 0.29) is 4.87 Å². The molecule has 3 heteroatoms. The minimum Gasteiger partial charge on any atom is -0.283 e. The topological polar surface area (TPSA) is 28.7 Å². The lowest BCUT2D eigenvalue weighted by Crippen LogP contribution is -2.07. The summed E-state index contributed by atoms with van der Waals surface area (Å²) in [5.74, 6) is 0. The quantitative estimate of drug-likeness (QED) is 0.624. The third-order valence-electron chi connectivity index (χ3n) is 1.32. The number of rotatable bonds is 1. The molecule has 0 aliphatic rings. The summed E-state index contributed by atoms with van der Waals surface area (Å²) >= 11 is 5.99. The molecule has 1 N–H and O–H groups in total. The van der Waals surface area contributed by atoms with Gasteiger partial charge in [-0.3, -0.25) is 5.10 Å². The number of H-pyrrole nitrogens is 1. The second kappa shape index (κ2) is 2.27. The number of aromatic amines is 1. The summed E-state index contributed by atoms with van der Waals surface area (Å²) in [6.45, 7) is 5.80. The second-order valence-corrected chi connectivity index (χ2v) is 3.85. The molecule has 0 amide bonds. The predicted molar refractivity (Wildman–Crippen MR) is 42.2 cm³/mol. The van der Waals surface area contributed by atoms with Crippen molar-refractivity contribution in [1.29, 1.82) is 0 Å². The first-order valence-electron chi connectivity index (χ1n) is 3.21. The highest BCUT2D eigenvalue weighted by Crippen LogP contribution is 2.25. The van der Waals surface area contributed by atoms with Gasteiger partial charge in [-0.1, -0.05) is 0 Å². The molecule has 0 aliphatic heterocycles. The van der Waals surface area contributed by atoms with Crippen molar-refractivity contribution in [3.8, 4) is 0 Å². The molecule has 0 atom stereocenters. The minimum atomic E-state index is -0.356. The molecule has 0 aliphatic carbocycles. The summed E-state index contributed by atoms with van der Waals surface area (Å²) in [5, 5.41) is 6.87. The van der Waals surface area contributed by atoms with Crippen molar-refractivity contribution in [2.75, 3.05) is 0 Å². The van der Waals surface area contributed by atoms with E-state index in [9.17, 15) is 0 Å². The summed E-state index contributed by atoms with van der Waals surface area (Å²) in [5.41, 5.74) is 1.94. The molecular weight excluding hydrogens is 148 g/mol. The average Bonchev–Trinajstić information content (AvgIpc) is 2.11. The van der Waals surface area contributed by atoms with E-state index in [0.717, 1.165) is 11.4 Å². The number of halogens is 1. The SMILES string of the molecule is Cc1cc(C(C)(C)Cl)n[nH]1. The van der Waals surface area contributed by atoms with Gasteiger partial charge in [-0.2, -0.15) is 5.10 Å². The van der Waals surface area contributed by atoms with Crippen molar-refractivity contribution in [2.45, 2.75) is 25.6 Å². The molecule has 0 bridgehead atoms. The minimum absolute atomic E-state index is 0.356. The Morgan fingerprint density at radius 2 is 2.20 bits per heavy atom. The van der Waals surface area contributed by atoms with Crippen LogP contribution in [0.3, 0.4) is 0 Å². The molecule has 2 nitrogen and oxygen atoms in total. The van der Waals surface area contributed by atoms with E-state index in [1.54, 1.807) is 0 Å². The van der Waals surface area contributed by atoms with Gasteiger partial charge >= 0.3 is 0 Å². The van der Waals surface area contributed by atoms with Crippen molar-refractivity contribution >= 4 is 11.6 Å². The molecular formula is C7H11ClN2. The monoisotopic (exact) mass is 158 g/mol. The highest BCUT2D eigenvalue weighted by molar-refractivity contribution is 6.23. The molecule has 0 spiro atoms. The van der Waals surface area contributed by atoms with Crippen LogP contribution in [0, 0.1) is 6.92 Å². The van der Waals surface area contributed by atoms with E-state index in [2.05, 4.69) is 10.2 Å². The van der Waals surface area contributed by atoms with Crippen molar-refractivity contribution < 1.29 is 0 Å². The molecule has 0 radical (unpaired) electrons. The van der Waals surface area contributed by atoms with Gasteiger partial charge < -0.3 is 0 Å². The first-order chi connectivity index (χ1) is 4.50. The maximum Gasteiger partial charge on any atom is 0.0828 e. The third kappa shape index (κ3) is 1.51. The largest absolute Gasteiger partial charge is 0.283 e. The number of aromatic nitrogens is 2. The van der Waals surface area contributed by atoms with Crippen LogP contribution in [0.2, 0.25) is 0 Å². The maximum atomic E-state index is 5.99. The summed E-state index contributed by atoms with van der Waals surface area (Å²) in [4.78, 5) is -0.356. The van der Waals surface area contributed by atoms with Gasteiger partial charge in [0, 0.05) is 5.69 Å². The molecule has 0 unspecified atom stereocenters. The van der Waals surface area contributed by atoms with Crippen molar-refractivity contribution in [2.24, 2.45) is 0 Å². The van der Waals surface area contributed by atoms with Crippen molar-refractivity contribution in [1.82, 2.24) is 10.2 Å². The Labute approximate surface area is 65.6 Å². The van der Waals surface area contributed by atoms with Gasteiger partial charge in [0.1, 0.15) is 0 Å². The molecule has 1 rings (SSSR count). The predicted octanol–water partition coefficient (Wildman–Crippen LogP) is 2.19. The lowest BCUT2D eigenvalue weighted by molar-refractivity contribution is 0.725. The fourth-order valence-electron chi connectivity index (χ4n) is 0.723. The molecule has 0 saturated heterocycles. The maximum absolute atomic E-state index is 5.99. The van der Waals surface area contributed by atoms with Crippen LogP contribution >= 0.6 is 11.6 Å². The summed E-state index contributed by atoms with van der Waals surface area (Å²) in [7, 11) is 0. The third-order valence-corrected chi connectivity index (χ3v) is 1.51. The average molecular weight is 159 g/mol. The highest BCUT2D eigenvalue weighted by atomic mass is 35.5. The Morgan fingerprint density at radius 1 is 1.60 bits per heavy atom. The molecule has 0 fully saturated rings. The molecule has 56 valence electrons. The van der Waals surface area contributed by atoms with Gasteiger partial charge in [-0.15, -0.1) is 11.6 Å². The van der Waals surface area contributed by atoms with E-state index in [0.29, 0.717) is 0 Å². The Morgan fingerprint density at radius 3 is 2.40 bits per heavy atom. The zero-order valence-corrected chi connectivity index (χ0v) is 7.16. The molecule has 1 aromatic rings. The van der Waals surface area contributed by atoms with Crippen LogP contribution < -0.4 is 0 Å². The lowest BCUT2D eigenvalue weighted by atomic mass is 10.1. The van der Waals surface area contributed by atoms with Crippen LogP contribution in [0.5, 0.6) is 0 Å². The zero-order chi connectivity index (χ0) is 7.78. The number of hydrogen-bond acceptors (Lipinski definition) is 1. The fourth-order valence-corrected chi connectivity index (χ4v) is 0.819. The number of alkyl halides is 1. The first kappa shape index (κ1) is 7.61. The second-order valence-electron chi connectivity index (χ2n) is 2.91. The van der Waals surface area contributed by atoms with Gasteiger partial charge in [0.05, 0.1) is 10.6 Å². The number of aryl methyl sites for hydroxylation is 1. The van der Waals surface area contributed by atoms with Crippen molar-refractivity contribution in [3.63, 3.8) is 0 Å². The summed E-state index contributed by atoms with van der Waals surface area (Å²) in [6, 6.07) is 1.95. The lowest BCUT2D eigenvalue weighted by Gasteiger charge is -2.10. The summed E-state index contributed by atoms with van der Waals surface area (Å²) in [6.07, 6.45) is 0. The Bertz CT molecular complexity index is 222. The van der Waals surface area contributed by atoms with Crippen LogP contribution in [0.4, 0.5) is 0 Å². The smallest absolute Gasteiger partial charge is 0.0828 e. The summed E-state index contributed by atoms with van der Waals surface area (Å²) < 4.78 is 0. The Balaban J connectivity index is 2.96. The number of nitrogens with one attached hydrogen (secondary N) is 1. The molecule has 1 heterocycles. The molecule has 0 saturated carbocycles. The normalized spacial score (nSPS) is 12.0. The first-order valence-corrected chi connectivity index (χ1v) is 3.59. The molecule has 0 aromatic carbocycles. The van der Waals surface area contributed by atoms with Gasteiger partial charge in [-0.05, 0) is 26.8 Å². The van der Waals surface area contributed by atoms with Crippen LogP contribution in [-0.4, -0.2) is 10.2 Å². The van der Waals surface area contributed by atoms with Gasteiger partial charge in [-0.25, -0.2) is 0 Å². The van der Waals surface area contributed by atoms with Crippen LogP contribution in [-0.2, 0) is 4.87 Å². The Hall–Kier alpha value is -0.500. The van der Waals surface area contributed by atoms with Crippen LogP contribution in [0.1, 0.15) is 25.2 Å². The molecule has 1 aromatic heterocycles. The van der Waals surface area contributed by atoms with E-state index < -0.39 is 0 Å². The van der Waals surface area contributed by atoms with Crippen molar-refractivity contribution in [3.05, 3.63) is 17.5 Å². The molecule has 10 heavy (non-hydrogen) atoms. The van der Waals surface area contributed by atoms with E-state index in [4.69, 9.17) is 11.6 Å².